The molecule has 0 heterocycles. The second-order valence-electron chi connectivity index (χ2n) is 6.65. The standard InChI is InChI=1S/C14H28N2O.ClH/c1-13(2,3)8-6-7-12(17)16-14(11-15)9-4-5-10-14;/h4-11,15H2,1-3H3,(H,16,17);1H. The van der Waals surface area contributed by atoms with Crippen molar-refractivity contribution in [2.45, 2.75) is 71.3 Å². The molecule has 0 aromatic heterocycles. The van der Waals surface area contributed by atoms with E-state index in [2.05, 4.69) is 26.1 Å². The number of carbonyl (C=O) groups excluding carboxylic acids is 1. The van der Waals surface area contributed by atoms with Crippen LogP contribution in [0.4, 0.5) is 0 Å². The number of nitrogens with one attached hydrogen (secondary N) is 1. The summed E-state index contributed by atoms with van der Waals surface area (Å²) >= 11 is 0. The summed E-state index contributed by atoms with van der Waals surface area (Å²) in [5.74, 6) is 0.182. The molecule has 0 saturated heterocycles. The van der Waals surface area contributed by atoms with Crippen LogP contribution < -0.4 is 11.1 Å². The molecule has 4 heteroatoms. The first-order valence-corrected chi connectivity index (χ1v) is 6.88. The van der Waals surface area contributed by atoms with Gasteiger partial charge in [-0.3, -0.25) is 4.79 Å². The third-order valence-corrected chi connectivity index (χ3v) is 3.69. The van der Waals surface area contributed by atoms with E-state index in [9.17, 15) is 4.79 Å². The monoisotopic (exact) mass is 276 g/mol. The van der Waals surface area contributed by atoms with Crippen molar-refractivity contribution in [3.05, 3.63) is 0 Å². The van der Waals surface area contributed by atoms with Crippen LogP contribution in [0.3, 0.4) is 0 Å². The quantitative estimate of drug-likeness (QED) is 0.811. The van der Waals surface area contributed by atoms with Gasteiger partial charge in [0.15, 0.2) is 0 Å². The summed E-state index contributed by atoms with van der Waals surface area (Å²) in [6, 6.07) is 0. The minimum atomic E-state index is -0.0845. The molecule has 0 aromatic rings. The number of halogens is 1. The molecule has 108 valence electrons. The number of amides is 1. The van der Waals surface area contributed by atoms with Crippen LogP contribution in [0.25, 0.3) is 0 Å². The predicted molar refractivity (Wildman–Crippen MR) is 79.0 cm³/mol. The SMILES string of the molecule is CC(C)(C)CCCC(=O)NC1(CN)CCCC1.Cl. The highest BCUT2D eigenvalue weighted by Gasteiger charge is 2.33. The van der Waals surface area contributed by atoms with Crippen molar-refractivity contribution in [3.8, 4) is 0 Å². The summed E-state index contributed by atoms with van der Waals surface area (Å²) in [5, 5.41) is 3.16. The number of carbonyl (C=O) groups is 1. The van der Waals surface area contributed by atoms with Crippen molar-refractivity contribution in [1.29, 1.82) is 0 Å². The lowest BCUT2D eigenvalue weighted by Crippen LogP contribution is -2.51. The maximum absolute atomic E-state index is 11.9. The fraction of sp³-hybridized carbons (Fsp3) is 0.929. The van der Waals surface area contributed by atoms with Crippen molar-refractivity contribution in [2.75, 3.05) is 6.54 Å². The maximum atomic E-state index is 11.9. The molecule has 0 spiro atoms. The molecule has 3 nitrogen and oxygen atoms in total. The lowest BCUT2D eigenvalue weighted by Gasteiger charge is -2.29. The first-order chi connectivity index (χ1) is 7.87. The summed E-state index contributed by atoms with van der Waals surface area (Å²) < 4.78 is 0. The van der Waals surface area contributed by atoms with Gasteiger partial charge in [-0.05, 0) is 31.1 Å². The summed E-state index contributed by atoms with van der Waals surface area (Å²) in [7, 11) is 0. The van der Waals surface area contributed by atoms with E-state index < -0.39 is 0 Å². The zero-order valence-electron chi connectivity index (χ0n) is 12.1. The van der Waals surface area contributed by atoms with E-state index >= 15 is 0 Å². The Hall–Kier alpha value is -0.280. The zero-order valence-corrected chi connectivity index (χ0v) is 12.9. The Morgan fingerprint density at radius 3 is 2.28 bits per heavy atom. The van der Waals surface area contributed by atoms with Gasteiger partial charge in [-0.1, -0.05) is 33.6 Å². The average molecular weight is 277 g/mol. The molecule has 1 aliphatic carbocycles. The second-order valence-corrected chi connectivity index (χ2v) is 6.65. The second kappa shape index (κ2) is 7.34. The Bertz CT molecular complexity index is 255. The molecule has 3 N–H and O–H groups in total. The summed E-state index contributed by atoms with van der Waals surface area (Å²) in [4.78, 5) is 11.9. The first-order valence-electron chi connectivity index (χ1n) is 6.88. The number of hydrogen-bond donors (Lipinski definition) is 2. The third kappa shape index (κ3) is 6.05. The van der Waals surface area contributed by atoms with E-state index in [4.69, 9.17) is 5.73 Å². The van der Waals surface area contributed by atoms with Crippen molar-refractivity contribution >= 4 is 18.3 Å². The normalized spacial score (nSPS) is 18.2. The molecule has 0 atom stereocenters. The molecule has 1 fully saturated rings. The van der Waals surface area contributed by atoms with E-state index in [1.54, 1.807) is 0 Å². The van der Waals surface area contributed by atoms with Crippen molar-refractivity contribution in [3.63, 3.8) is 0 Å². The third-order valence-electron chi connectivity index (χ3n) is 3.69. The smallest absolute Gasteiger partial charge is 0.220 e. The van der Waals surface area contributed by atoms with Crippen molar-refractivity contribution in [2.24, 2.45) is 11.1 Å². The Morgan fingerprint density at radius 1 is 1.28 bits per heavy atom. The lowest BCUT2D eigenvalue weighted by atomic mass is 9.89. The van der Waals surface area contributed by atoms with Crippen LogP contribution in [0.5, 0.6) is 0 Å². The van der Waals surface area contributed by atoms with E-state index in [0.717, 1.165) is 25.7 Å². The van der Waals surface area contributed by atoms with Crippen LogP contribution in [0.15, 0.2) is 0 Å². The molecule has 0 radical (unpaired) electrons. The van der Waals surface area contributed by atoms with Crippen LogP contribution in [-0.4, -0.2) is 18.0 Å². The molecule has 0 aliphatic heterocycles. The summed E-state index contributed by atoms with van der Waals surface area (Å²) in [6.45, 7) is 7.22. The van der Waals surface area contributed by atoms with E-state index in [0.29, 0.717) is 18.4 Å². The van der Waals surface area contributed by atoms with Crippen LogP contribution in [0, 0.1) is 5.41 Å². The maximum Gasteiger partial charge on any atom is 0.220 e. The van der Waals surface area contributed by atoms with Crippen molar-refractivity contribution in [1.82, 2.24) is 5.32 Å². The zero-order chi connectivity index (χ0) is 12.9. The molecule has 1 amide bonds. The Morgan fingerprint density at radius 2 is 1.83 bits per heavy atom. The van der Waals surface area contributed by atoms with Gasteiger partial charge in [0.1, 0.15) is 0 Å². The van der Waals surface area contributed by atoms with Gasteiger partial charge >= 0.3 is 0 Å². The summed E-state index contributed by atoms with van der Waals surface area (Å²) in [5.41, 5.74) is 6.03. The minimum Gasteiger partial charge on any atom is -0.349 e. The Balaban J connectivity index is 0.00000289. The highest BCUT2D eigenvalue weighted by molar-refractivity contribution is 5.85. The topological polar surface area (TPSA) is 55.1 Å². The largest absolute Gasteiger partial charge is 0.349 e. The van der Waals surface area contributed by atoms with Crippen LogP contribution in [0.2, 0.25) is 0 Å². The highest BCUT2D eigenvalue weighted by Crippen LogP contribution is 2.29. The summed E-state index contributed by atoms with van der Waals surface area (Å²) in [6.07, 6.45) is 7.19. The van der Waals surface area contributed by atoms with Gasteiger partial charge < -0.3 is 11.1 Å². The van der Waals surface area contributed by atoms with Gasteiger partial charge in [-0.2, -0.15) is 0 Å². The molecular formula is C14H29ClN2O. The van der Waals surface area contributed by atoms with Gasteiger partial charge in [-0.25, -0.2) is 0 Å². The number of nitrogens with two attached hydrogens (primary N) is 1. The van der Waals surface area contributed by atoms with E-state index in [1.807, 2.05) is 0 Å². The minimum absolute atomic E-state index is 0. The molecule has 0 bridgehead atoms. The fourth-order valence-corrected chi connectivity index (χ4v) is 2.57. The molecular weight excluding hydrogens is 248 g/mol. The van der Waals surface area contributed by atoms with Gasteiger partial charge in [0.25, 0.3) is 0 Å². The highest BCUT2D eigenvalue weighted by atomic mass is 35.5. The first kappa shape index (κ1) is 17.7. The molecule has 1 aliphatic rings. The van der Waals surface area contributed by atoms with Gasteiger partial charge in [-0.15, -0.1) is 12.4 Å². The van der Waals surface area contributed by atoms with E-state index in [-0.39, 0.29) is 23.9 Å². The van der Waals surface area contributed by atoms with E-state index in [1.165, 1.54) is 12.8 Å². The number of rotatable bonds is 5. The lowest BCUT2D eigenvalue weighted by molar-refractivity contribution is -0.123. The average Bonchev–Trinajstić information content (AvgIpc) is 2.65. The van der Waals surface area contributed by atoms with Crippen LogP contribution >= 0.6 is 12.4 Å². The van der Waals surface area contributed by atoms with Gasteiger partial charge in [0.05, 0.1) is 5.54 Å². The van der Waals surface area contributed by atoms with Gasteiger partial charge in [0, 0.05) is 13.0 Å². The van der Waals surface area contributed by atoms with Crippen LogP contribution in [-0.2, 0) is 4.79 Å². The molecule has 0 aromatic carbocycles. The molecule has 0 unspecified atom stereocenters. The Kier molecular flexibility index (Phi) is 7.23. The fourth-order valence-electron chi connectivity index (χ4n) is 2.57. The molecule has 1 saturated carbocycles. The number of hydrogen-bond acceptors (Lipinski definition) is 2. The molecule has 18 heavy (non-hydrogen) atoms. The Labute approximate surface area is 118 Å². The van der Waals surface area contributed by atoms with Crippen molar-refractivity contribution < 1.29 is 4.79 Å². The van der Waals surface area contributed by atoms with Crippen LogP contribution in [0.1, 0.15) is 65.7 Å². The predicted octanol–water partition coefficient (Wildman–Crippen LogP) is 3.01. The van der Waals surface area contributed by atoms with Gasteiger partial charge in [0.2, 0.25) is 5.91 Å². The molecule has 1 rings (SSSR count).